The van der Waals surface area contributed by atoms with Crippen LogP contribution in [0.25, 0.3) is 6.08 Å². The Morgan fingerprint density at radius 1 is 1.21 bits per heavy atom. The van der Waals surface area contributed by atoms with Crippen LogP contribution in [0.15, 0.2) is 30.3 Å². The Labute approximate surface area is 114 Å². The van der Waals surface area contributed by atoms with Crippen LogP contribution in [0.3, 0.4) is 0 Å². The van der Waals surface area contributed by atoms with E-state index in [2.05, 4.69) is 35.2 Å². The fraction of sp³-hybridized carbons (Fsp3) is 0.438. The van der Waals surface area contributed by atoms with E-state index < -0.39 is 0 Å². The molecule has 0 amide bonds. The Bertz CT molecular complexity index is 427. The van der Waals surface area contributed by atoms with Gasteiger partial charge in [0.2, 0.25) is 0 Å². The molecule has 1 saturated heterocycles. The fourth-order valence-electron chi connectivity index (χ4n) is 2.23. The Kier molecular flexibility index (Phi) is 5.31. The van der Waals surface area contributed by atoms with Crippen LogP contribution in [0.1, 0.15) is 24.0 Å². The molecule has 1 aromatic carbocycles. The minimum Gasteiger partial charge on any atom is -0.381 e. The molecule has 0 N–H and O–H groups in total. The second kappa shape index (κ2) is 7.22. The van der Waals surface area contributed by atoms with Gasteiger partial charge >= 0.3 is 0 Å². The Morgan fingerprint density at radius 2 is 1.89 bits per heavy atom. The van der Waals surface area contributed by atoms with Crippen LogP contribution in [0.5, 0.6) is 0 Å². The molecule has 1 heterocycles. The number of benzene rings is 1. The van der Waals surface area contributed by atoms with Crippen molar-refractivity contribution in [3.05, 3.63) is 41.5 Å². The van der Waals surface area contributed by atoms with Gasteiger partial charge in [-0.25, -0.2) is 0 Å². The molecular weight excluding hydrogens is 238 g/mol. The first kappa shape index (κ1) is 14.0. The first-order valence-electron chi connectivity index (χ1n) is 6.76. The molecule has 0 spiro atoms. The van der Waals surface area contributed by atoms with Crippen molar-refractivity contribution in [1.82, 2.24) is 4.90 Å². The van der Waals surface area contributed by atoms with Gasteiger partial charge in [0, 0.05) is 39.6 Å². The highest BCUT2D eigenvalue weighted by molar-refractivity contribution is 5.79. The van der Waals surface area contributed by atoms with Crippen molar-refractivity contribution >= 4 is 11.9 Å². The van der Waals surface area contributed by atoms with Gasteiger partial charge in [-0.2, -0.15) is 0 Å². The second-order valence-electron chi connectivity index (χ2n) is 4.91. The van der Waals surface area contributed by atoms with Crippen molar-refractivity contribution in [1.29, 1.82) is 0 Å². The van der Waals surface area contributed by atoms with Crippen molar-refractivity contribution < 1.29 is 9.53 Å². The molecule has 0 bridgehead atoms. The number of piperidine rings is 1. The zero-order valence-electron chi connectivity index (χ0n) is 11.5. The summed E-state index contributed by atoms with van der Waals surface area (Å²) >= 11 is 0. The minimum absolute atomic E-state index is 0.398. The summed E-state index contributed by atoms with van der Waals surface area (Å²) in [6.07, 6.45) is 5.48. The van der Waals surface area contributed by atoms with Crippen LogP contribution < -0.4 is 0 Å². The van der Waals surface area contributed by atoms with Gasteiger partial charge in [-0.1, -0.05) is 36.4 Å². The van der Waals surface area contributed by atoms with Gasteiger partial charge in [0.25, 0.3) is 0 Å². The van der Waals surface area contributed by atoms with E-state index in [4.69, 9.17) is 4.74 Å². The molecule has 0 aliphatic carbocycles. The summed E-state index contributed by atoms with van der Waals surface area (Å²) in [5, 5.41) is 0. The van der Waals surface area contributed by atoms with E-state index in [0.717, 1.165) is 19.6 Å². The molecule has 1 aliphatic heterocycles. The molecule has 1 aliphatic rings. The van der Waals surface area contributed by atoms with Crippen molar-refractivity contribution in [3.8, 4) is 0 Å². The number of likely N-dealkylation sites (tertiary alicyclic amines) is 1. The molecule has 19 heavy (non-hydrogen) atoms. The van der Waals surface area contributed by atoms with Crippen LogP contribution in [0.4, 0.5) is 0 Å². The largest absolute Gasteiger partial charge is 0.381 e. The third kappa shape index (κ3) is 4.62. The number of carbonyl (C=O) groups is 1. The topological polar surface area (TPSA) is 29.5 Å². The van der Waals surface area contributed by atoms with Crippen LogP contribution in [-0.4, -0.2) is 37.5 Å². The van der Waals surface area contributed by atoms with E-state index >= 15 is 0 Å². The maximum Gasteiger partial charge on any atom is 0.135 e. The fourth-order valence-corrected chi connectivity index (χ4v) is 2.23. The highest BCUT2D eigenvalue weighted by Crippen LogP contribution is 2.12. The summed E-state index contributed by atoms with van der Waals surface area (Å²) in [6, 6.07) is 8.55. The van der Waals surface area contributed by atoms with Crippen molar-refractivity contribution in [3.63, 3.8) is 0 Å². The molecule has 2 rings (SSSR count). The van der Waals surface area contributed by atoms with Gasteiger partial charge in [0.05, 0.1) is 6.61 Å². The smallest absolute Gasteiger partial charge is 0.135 e. The Morgan fingerprint density at radius 3 is 2.53 bits per heavy atom. The number of methoxy groups -OCH3 is 1. The monoisotopic (exact) mass is 259 g/mol. The zero-order chi connectivity index (χ0) is 13.5. The molecule has 1 fully saturated rings. The number of carbonyl (C=O) groups excluding carboxylic acids is 1. The average Bonchev–Trinajstić information content (AvgIpc) is 2.44. The molecule has 0 saturated carbocycles. The van der Waals surface area contributed by atoms with Gasteiger partial charge in [-0.15, -0.1) is 0 Å². The van der Waals surface area contributed by atoms with Crippen LogP contribution in [-0.2, 0) is 16.1 Å². The zero-order valence-corrected chi connectivity index (χ0v) is 11.5. The summed E-state index contributed by atoms with van der Waals surface area (Å²) in [7, 11) is 1.69. The van der Waals surface area contributed by atoms with Crippen LogP contribution >= 0.6 is 0 Å². The summed E-state index contributed by atoms with van der Waals surface area (Å²) < 4.78 is 4.98. The lowest BCUT2D eigenvalue weighted by Crippen LogP contribution is -2.33. The summed E-state index contributed by atoms with van der Waals surface area (Å²) in [5.74, 6) is 0.398. The van der Waals surface area contributed by atoms with Crippen molar-refractivity contribution in [2.45, 2.75) is 19.4 Å². The predicted molar refractivity (Wildman–Crippen MR) is 76.9 cm³/mol. The molecule has 0 unspecified atom stereocenters. The Hall–Kier alpha value is -1.45. The average molecular weight is 259 g/mol. The molecule has 0 aromatic heterocycles. The molecule has 3 heteroatoms. The SMILES string of the molecule is COC/C=C/c1ccc(CN2CCC(=O)CC2)cc1. The third-order valence-corrected chi connectivity index (χ3v) is 3.37. The van der Waals surface area contributed by atoms with E-state index in [0.29, 0.717) is 25.2 Å². The first-order chi connectivity index (χ1) is 9.28. The number of Topliss-reactive ketones (excluding diaryl/α,β-unsaturated/α-hetero) is 1. The van der Waals surface area contributed by atoms with Gasteiger partial charge in [0.1, 0.15) is 5.78 Å². The third-order valence-electron chi connectivity index (χ3n) is 3.37. The highest BCUT2D eigenvalue weighted by atomic mass is 16.5. The summed E-state index contributed by atoms with van der Waals surface area (Å²) in [5.41, 5.74) is 2.49. The van der Waals surface area contributed by atoms with E-state index in [-0.39, 0.29) is 0 Å². The molecule has 0 atom stereocenters. The van der Waals surface area contributed by atoms with Gasteiger partial charge in [-0.05, 0) is 11.1 Å². The van der Waals surface area contributed by atoms with Gasteiger partial charge in [0.15, 0.2) is 0 Å². The highest BCUT2D eigenvalue weighted by Gasteiger charge is 2.15. The van der Waals surface area contributed by atoms with E-state index in [9.17, 15) is 4.79 Å². The Balaban J connectivity index is 1.86. The van der Waals surface area contributed by atoms with E-state index in [1.807, 2.05) is 6.08 Å². The summed E-state index contributed by atoms with van der Waals surface area (Å²) in [6.45, 7) is 3.38. The lowest BCUT2D eigenvalue weighted by Gasteiger charge is -2.25. The minimum atomic E-state index is 0.398. The number of hydrogen-bond donors (Lipinski definition) is 0. The summed E-state index contributed by atoms with van der Waals surface area (Å²) in [4.78, 5) is 13.5. The number of rotatable bonds is 5. The van der Waals surface area contributed by atoms with E-state index in [1.165, 1.54) is 11.1 Å². The number of ketones is 1. The lowest BCUT2D eigenvalue weighted by atomic mass is 10.1. The van der Waals surface area contributed by atoms with Gasteiger partial charge in [-0.3, -0.25) is 9.69 Å². The molecule has 3 nitrogen and oxygen atoms in total. The molecule has 0 radical (unpaired) electrons. The normalized spacial score (nSPS) is 17.2. The quantitative estimate of drug-likeness (QED) is 0.813. The second-order valence-corrected chi connectivity index (χ2v) is 4.91. The first-order valence-corrected chi connectivity index (χ1v) is 6.76. The van der Waals surface area contributed by atoms with Crippen LogP contribution in [0, 0.1) is 0 Å². The molecule has 102 valence electrons. The standard InChI is InChI=1S/C16H21NO2/c1-19-12-2-3-14-4-6-15(7-5-14)13-17-10-8-16(18)9-11-17/h2-7H,8-13H2,1H3/b3-2+. The van der Waals surface area contributed by atoms with Gasteiger partial charge < -0.3 is 4.74 Å². The lowest BCUT2D eigenvalue weighted by molar-refractivity contribution is -0.121. The van der Waals surface area contributed by atoms with Crippen molar-refractivity contribution in [2.75, 3.05) is 26.8 Å². The molecular formula is C16H21NO2. The number of ether oxygens (including phenoxy) is 1. The van der Waals surface area contributed by atoms with Crippen molar-refractivity contribution in [2.24, 2.45) is 0 Å². The number of hydrogen-bond acceptors (Lipinski definition) is 3. The van der Waals surface area contributed by atoms with Crippen LogP contribution in [0.2, 0.25) is 0 Å². The molecule has 1 aromatic rings. The maximum absolute atomic E-state index is 11.2. The maximum atomic E-state index is 11.2. The van der Waals surface area contributed by atoms with E-state index in [1.54, 1.807) is 7.11 Å². The number of nitrogens with zero attached hydrogens (tertiary/aromatic N) is 1. The predicted octanol–water partition coefficient (Wildman–Crippen LogP) is 2.51.